The third-order valence-electron chi connectivity index (χ3n) is 10.3. The van der Waals surface area contributed by atoms with Gasteiger partial charge in [-0.15, -0.1) is 5.10 Å². The van der Waals surface area contributed by atoms with Crippen molar-refractivity contribution < 1.29 is 37.0 Å². The standard InChI is InChI=1S/C35H49FN6O7S/c1-22-6-8-27(43)21-30(44)34(45)32(23(2)7-9-31(22)49-35(46)40-16-14-39(4)15-17-40)24(3)18-25-19-28(36)33-29(20-25)42(38-37-33)26-10-12-41(13-11-26)50(5,47)48/h7,9,18-20,22-23,26-27,31-32,43H,6,8,10-17,21H2,1-5H3/b9-7+,24-18+/t22-,23-,27+,31-,32-/m0/s1. The molecule has 1 aromatic carbocycles. The van der Waals surface area contributed by atoms with Crippen LogP contribution in [0.1, 0.15) is 64.5 Å². The summed E-state index contributed by atoms with van der Waals surface area (Å²) in [5.41, 5.74) is 1.49. The van der Waals surface area contributed by atoms with Gasteiger partial charge in [-0.2, -0.15) is 0 Å². The fourth-order valence-electron chi connectivity index (χ4n) is 7.13. The molecule has 0 radical (unpaired) electrons. The maximum absolute atomic E-state index is 15.4. The average Bonchev–Trinajstić information content (AvgIpc) is 3.49. The van der Waals surface area contributed by atoms with Crippen molar-refractivity contribution in [2.45, 2.75) is 71.1 Å². The first kappa shape index (κ1) is 37.7. The van der Waals surface area contributed by atoms with Crippen molar-refractivity contribution in [1.82, 2.24) is 29.1 Å². The van der Waals surface area contributed by atoms with Crippen LogP contribution in [-0.4, -0.2) is 125 Å². The summed E-state index contributed by atoms with van der Waals surface area (Å²) in [6, 6.07) is 2.85. The third kappa shape index (κ3) is 8.85. The van der Waals surface area contributed by atoms with E-state index in [1.807, 2.05) is 20.9 Å². The fourth-order valence-corrected chi connectivity index (χ4v) is 8.01. The van der Waals surface area contributed by atoms with Crippen molar-refractivity contribution in [3.05, 3.63) is 41.2 Å². The molecule has 1 aromatic heterocycles. The van der Waals surface area contributed by atoms with E-state index in [1.165, 1.54) is 16.6 Å². The van der Waals surface area contributed by atoms with E-state index in [9.17, 15) is 27.9 Å². The number of sulfonamides is 1. The number of nitrogens with zero attached hydrogens (tertiary/aromatic N) is 6. The van der Waals surface area contributed by atoms with Crippen LogP contribution >= 0.6 is 0 Å². The molecular formula is C35H49FN6O7S. The normalized spacial score (nSPS) is 28.3. The second kappa shape index (κ2) is 15.8. The Morgan fingerprint density at radius 1 is 1.02 bits per heavy atom. The molecule has 2 fully saturated rings. The van der Waals surface area contributed by atoms with Crippen molar-refractivity contribution in [3.63, 3.8) is 0 Å². The molecule has 1 N–H and O–H groups in total. The Balaban J connectivity index is 1.42. The number of ether oxygens (including phenoxy) is 1. The van der Waals surface area contributed by atoms with E-state index in [2.05, 4.69) is 15.2 Å². The lowest BCUT2D eigenvalue weighted by atomic mass is 9.80. The minimum atomic E-state index is -3.32. The SMILES string of the molecule is C/C(=C\c1cc(F)c2nnn(C3CCN(S(C)(=O)=O)CC3)c2c1)[C@H]1C(=O)C(=O)C[C@H](O)CC[C@H](C)[C@@H](OC(=O)N2CCN(C)CC2)/C=C/[C@@H]1C. The maximum Gasteiger partial charge on any atom is 0.410 e. The molecule has 13 nitrogen and oxygen atoms in total. The Kier molecular flexibility index (Phi) is 11.9. The van der Waals surface area contributed by atoms with E-state index in [-0.39, 0.29) is 30.3 Å². The lowest BCUT2D eigenvalue weighted by Crippen LogP contribution is -2.48. The smallest absolute Gasteiger partial charge is 0.410 e. The van der Waals surface area contributed by atoms with Crippen LogP contribution in [0.5, 0.6) is 0 Å². The van der Waals surface area contributed by atoms with E-state index in [1.54, 1.807) is 40.8 Å². The number of likely N-dealkylation sites (N-methyl/N-ethyl adjacent to an activating group) is 1. The van der Waals surface area contributed by atoms with Crippen LogP contribution in [0.4, 0.5) is 9.18 Å². The lowest BCUT2D eigenvalue weighted by Gasteiger charge is -2.33. The van der Waals surface area contributed by atoms with Crippen molar-refractivity contribution in [2.24, 2.45) is 17.8 Å². The van der Waals surface area contributed by atoms with Gasteiger partial charge in [0.15, 0.2) is 5.82 Å². The summed E-state index contributed by atoms with van der Waals surface area (Å²) >= 11 is 0. The summed E-state index contributed by atoms with van der Waals surface area (Å²) in [5, 5.41) is 19.0. The second-order valence-electron chi connectivity index (χ2n) is 14.2. The number of halogens is 1. The third-order valence-corrected chi connectivity index (χ3v) is 11.6. The number of aromatic nitrogens is 3. The zero-order chi connectivity index (χ0) is 36.3. The first-order valence-corrected chi connectivity index (χ1v) is 19.2. The molecule has 0 bridgehead atoms. The van der Waals surface area contributed by atoms with E-state index < -0.39 is 57.5 Å². The van der Waals surface area contributed by atoms with E-state index in [0.717, 1.165) is 13.1 Å². The molecule has 3 aliphatic rings. The van der Waals surface area contributed by atoms with E-state index in [0.29, 0.717) is 62.1 Å². The van der Waals surface area contributed by atoms with Gasteiger partial charge in [0, 0.05) is 45.7 Å². The largest absolute Gasteiger partial charge is 0.442 e. The highest BCUT2D eigenvalue weighted by molar-refractivity contribution is 7.88. The molecule has 5 rings (SSSR count). The summed E-state index contributed by atoms with van der Waals surface area (Å²) in [6.45, 7) is 8.71. The van der Waals surface area contributed by atoms with Crippen LogP contribution in [0.25, 0.3) is 17.1 Å². The lowest BCUT2D eigenvalue weighted by molar-refractivity contribution is -0.140. The Hall–Kier alpha value is -3.53. The summed E-state index contributed by atoms with van der Waals surface area (Å²) in [4.78, 5) is 43.8. The Bertz CT molecular complexity index is 1740. The number of hydrogen-bond donors (Lipinski definition) is 1. The molecule has 1 aliphatic carbocycles. The van der Waals surface area contributed by atoms with Gasteiger partial charge in [0.05, 0.1) is 29.8 Å². The van der Waals surface area contributed by atoms with Gasteiger partial charge in [0.2, 0.25) is 21.6 Å². The molecule has 0 spiro atoms. The van der Waals surface area contributed by atoms with Crippen LogP contribution in [0.3, 0.4) is 0 Å². The van der Waals surface area contributed by atoms with Gasteiger partial charge in [-0.3, -0.25) is 9.59 Å². The van der Waals surface area contributed by atoms with Gasteiger partial charge in [-0.25, -0.2) is 26.6 Å². The van der Waals surface area contributed by atoms with E-state index in [4.69, 9.17) is 4.74 Å². The molecule has 3 heterocycles. The van der Waals surface area contributed by atoms with Gasteiger partial charge in [-0.05, 0) is 75.3 Å². The zero-order valence-corrected chi connectivity index (χ0v) is 30.3. The minimum Gasteiger partial charge on any atom is -0.442 e. The van der Waals surface area contributed by atoms with Gasteiger partial charge < -0.3 is 19.6 Å². The summed E-state index contributed by atoms with van der Waals surface area (Å²) in [6.07, 6.45) is 5.79. The van der Waals surface area contributed by atoms with Crippen LogP contribution in [0.2, 0.25) is 0 Å². The number of benzene rings is 1. The summed E-state index contributed by atoms with van der Waals surface area (Å²) in [7, 11) is -1.32. The highest BCUT2D eigenvalue weighted by Crippen LogP contribution is 2.32. The monoisotopic (exact) mass is 716 g/mol. The molecule has 15 heteroatoms. The number of piperidine rings is 1. The van der Waals surface area contributed by atoms with Gasteiger partial charge >= 0.3 is 6.09 Å². The van der Waals surface area contributed by atoms with Crippen molar-refractivity contribution in [1.29, 1.82) is 0 Å². The number of allylic oxidation sites excluding steroid dienone is 2. The predicted molar refractivity (Wildman–Crippen MR) is 186 cm³/mol. The topological polar surface area (TPSA) is 155 Å². The highest BCUT2D eigenvalue weighted by Gasteiger charge is 2.34. The number of aliphatic hydroxyl groups is 1. The van der Waals surface area contributed by atoms with Crippen LogP contribution in [0.15, 0.2) is 29.9 Å². The van der Waals surface area contributed by atoms with Crippen LogP contribution in [-0.2, 0) is 24.3 Å². The minimum absolute atomic E-state index is 0.0826. The van der Waals surface area contributed by atoms with Gasteiger partial charge in [-0.1, -0.05) is 36.8 Å². The number of aliphatic hydroxyl groups excluding tert-OH is 1. The first-order valence-electron chi connectivity index (χ1n) is 17.4. The Labute approximate surface area is 293 Å². The van der Waals surface area contributed by atoms with E-state index >= 15 is 4.39 Å². The number of ketones is 2. The number of Topliss-reactive ketones (excluding diaryl/α,β-unsaturated/α-hetero) is 2. The highest BCUT2D eigenvalue weighted by atomic mass is 32.2. The maximum atomic E-state index is 15.4. The first-order chi connectivity index (χ1) is 23.6. The number of rotatable bonds is 5. The molecule has 2 aromatic rings. The number of hydrogen-bond acceptors (Lipinski definition) is 10. The predicted octanol–water partition coefficient (Wildman–Crippen LogP) is 3.45. The van der Waals surface area contributed by atoms with Crippen LogP contribution in [0, 0.1) is 23.6 Å². The molecule has 0 unspecified atom stereocenters. The molecule has 2 saturated heterocycles. The average molecular weight is 717 g/mol. The summed E-state index contributed by atoms with van der Waals surface area (Å²) in [5.74, 6) is -3.51. The molecule has 0 saturated carbocycles. The molecule has 2 aliphatic heterocycles. The molecule has 5 atom stereocenters. The summed E-state index contributed by atoms with van der Waals surface area (Å²) < 4.78 is 48.4. The van der Waals surface area contributed by atoms with Crippen molar-refractivity contribution >= 4 is 44.8 Å². The van der Waals surface area contributed by atoms with Gasteiger partial charge in [0.25, 0.3) is 0 Å². The Morgan fingerprint density at radius 2 is 1.70 bits per heavy atom. The number of carbonyl (C=O) groups excluding carboxylic acids is 3. The Morgan fingerprint density at radius 3 is 2.36 bits per heavy atom. The fraction of sp³-hybridized carbons (Fsp3) is 0.629. The molecular weight excluding hydrogens is 667 g/mol. The quantitative estimate of drug-likeness (QED) is 0.360. The van der Waals surface area contributed by atoms with Crippen molar-refractivity contribution in [3.8, 4) is 0 Å². The second-order valence-corrected chi connectivity index (χ2v) is 16.2. The number of carbonyl (C=O) groups is 3. The molecule has 1 amide bonds. The number of piperazine rings is 1. The number of amides is 1. The number of fused-ring (bicyclic) bond motifs is 1. The van der Waals surface area contributed by atoms with Gasteiger partial charge in [0.1, 0.15) is 11.6 Å². The van der Waals surface area contributed by atoms with Crippen LogP contribution < -0.4 is 0 Å². The van der Waals surface area contributed by atoms with Crippen molar-refractivity contribution in [2.75, 3.05) is 52.6 Å². The molecule has 274 valence electrons. The zero-order valence-electron chi connectivity index (χ0n) is 29.5. The molecule has 50 heavy (non-hydrogen) atoms.